The summed E-state index contributed by atoms with van der Waals surface area (Å²) in [6.07, 6.45) is 12.3. The van der Waals surface area contributed by atoms with E-state index in [0.29, 0.717) is 18.3 Å². The Morgan fingerprint density at radius 2 is 1.90 bits per heavy atom. The fourth-order valence-corrected chi connectivity index (χ4v) is 7.98. The summed E-state index contributed by atoms with van der Waals surface area (Å²) in [5.74, 6) is 0.925. The quantitative estimate of drug-likeness (QED) is 0.609. The van der Waals surface area contributed by atoms with E-state index in [2.05, 4.69) is 33.8 Å². The van der Waals surface area contributed by atoms with Crippen molar-refractivity contribution < 1.29 is 18.7 Å². The van der Waals surface area contributed by atoms with Crippen molar-refractivity contribution in [2.75, 3.05) is 6.61 Å². The summed E-state index contributed by atoms with van der Waals surface area (Å²) in [5, 5.41) is 0. The average molecular weight is 405 g/mol. The predicted molar refractivity (Wildman–Crippen MR) is 111 cm³/mol. The zero-order chi connectivity index (χ0) is 21.1. The molecule has 0 bridgehead atoms. The molecule has 1 fully saturated rings. The molecule has 1 saturated carbocycles. The van der Waals surface area contributed by atoms with Gasteiger partial charge in [-0.05, 0) is 75.0 Å². The molecule has 2 heterocycles. The Morgan fingerprint density at radius 1 is 1.10 bits per heavy atom. The third-order valence-electron chi connectivity index (χ3n) is 9.42. The fourth-order valence-electron chi connectivity index (χ4n) is 7.98. The molecular formula is C26H28O4. The van der Waals surface area contributed by atoms with E-state index in [1.807, 2.05) is 18.4 Å². The summed E-state index contributed by atoms with van der Waals surface area (Å²) < 4.78 is 11.5. The van der Waals surface area contributed by atoms with E-state index in [0.717, 1.165) is 24.8 Å². The Hall–Kier alpha value is -2.36. The van der Waals surface area contributed by atoms with Crippen LogP contribution in [0.5, 0.6) is 0 Å². The van der Waals surface area contributed by atoms with Crippen molar-refractivity contribution in [3.05, 3.63) is 59.3 Å². The zero-order valence-corrected chi connectivity index (χ0v) is 18.1. The number of ketones is 2. The number of hydrogen-bond acceptors (Lipinski definition) is 4. The molecule has 6 rings (SSSR count). The average Bonchev–Trinajstić information content (AvgIpc) is 3.41. The minimum absolute atomic E-state index is 0.0443. The van der Waals surface area contributed by atoms with Crippen LogP contribution < -0.4 is 0 Å². The van der Waals surface area contributed by atoms with Crippen LogP contribution in [-0.4, -0.2) is 18.2 Å². The molecule has 6 unspecified atom stereocenters. The number of fused-ring (bicyclic) bond motifs is 4. The maximum absolute atomic E-state index is 14.1. The molecule has 5 aliphatic rings. The van der Waals surface area contributed by atoms with Crippen molar-refractivity contribution in [2.45, 2.75) is 52.9 Å². The second kappa shape index (κ2) is 5.27. The maximum Gasteiger partial charge on any atom is 0.207 e. The molecule has 4 heteroatoms. The molecule has 1 aliphatic heterocycles. The van der Waals surface area contributed by atoms with Crippen LogP contribution in [0, 0.1) is 27.6 Å². The normalized spacial score (nSPS) is 46.3. The van der Waals surface area contributed by atoms with Gasteiger partial charge in [0.15, 0.2) is 11.5 Å². The van der Waals surface area contributed by atoms with Gasteiger partial charge in [0.2, 0.25) is 5.78 Å². The number of carbonyl (C=O) groups excluding carboxylic acids is 2. The number of furan rings is 1. The highest BCUT2D eigenvalue weighted by molar-refractivity contribution is 6.09. The van der Waals surface area contributed by atoms with E-state index in [9.17, 15) is 9.59 Å². The zero-order valence-electron chi connectivity index (χ0n) is 18.1. The number of carbonyl (C=O) groups is 2. The van der Waals surface area contributed by atoms with Gasteiger partial charge in [-0.3, -0.25) is 9.59 Å². The van der Waals surface area contributed by atoms with E-state index in [-0.39, 0.29) is 28.3 Å². The number of hydrogen-bond donors (Lipinski definition) is 0. The van der Waals surface area contributed by atoms with E-state index in [4.69, 9.17) is 9.15 Å². The second-order valence-corrected chi connectivity index (χ2v) is 10.8. The van der Waals surface area contributed by atoms with Crippen molar-refractivity contribution >= 4 is 11.6 Å². The minimum Gasteiger partial charge on any atom is -0.489 e. The maximum atomic E-state index is 14.1. The first-order valence-corrected chi connectivity index (χ1v) is 11.1. The van der Waals surface area contributed by atoms with Crippen molar-refractivity contribution in [3.8, 4) is 0 Å². The summed E-state index contributed by atoms with van der Waals surface area (Å²) in [5.41, 5.74) is 1.45. The lowest BCUT2D eigenvalue weighted by atomic mass is 9.41. The highest BCUT2D eigenvalue weighted by Crippen LogP contribution is 2.72. The molecule has 0 saturated heterocycles. The number of allylic oxidation sites excluding steroid dienone is 4. The lowest BCUT2D eigenvalue weighted by Gasteiger charge is -2.59. The molecule has 6 atom stereocenters. The van der Waals surface area contributed by atoms with Gasteiger partial charge in [-0.2, -0.15) is 0 Å². The number of Topliss-reactive ketones (excluding diaryl/α,β-unsaturated/α-hetero) is 1. The Morgan fingerprint density at radius 3 is 2.63 bits per heavy atom. The van der Waals surface area contributed by atoms with Gasteiger partial charge in [0.05, 0.1) is 23.4 Å². The molecule has 4 aliphatic carbocycles. The van der Waals surface area contributed by atoms with Crippen molar-refractivity contribution in [1.29, 1.82) is 0 Å². The molecule has 1 aromatic heterocycles. The van der Waals surface area contributed by atoms with Crippen molar-refractivity contribution in [2.24, 2.45) is 27.6 Å². The summed E-state index contributed by atoms with van der Waals surface area (Å²) in [7, 11) is 0. The van der Waals surface area contributed by atoms with Crippen molar-refractivity contribution in [3.63, 3.8) is 0 Å². The molecule has 0 spiro atoms. The first kappa shape index (κ1) is 18.4. The SMILES string of the molecule is CC12C=CC(=O)C3(C)C1=C(OC2)C(=O)C1(C)C2=CCC(c4ccoc4)C2(C)CCC13. The van der Waals surface area contributed by atoms with Crippen molar-refractivity contribution in [1.82, 2.24) is 0 Å². The minimum atomic E-state index is -0.717. The highest BCUT2D eigenvalue weighted by atomic mass is 16.5. The van der Waals surface area contributed by atoms with Gasteiger partial charge in [-0.25, -0.2) is 0 Å². The van der Waals surface area contributed by atoms with Gasteiger partial charge >= 0.3 is 0 Å². The molecular weight excluding hydrogens is 376 g/mol. The summed E-state index contributed by atoms with van der Waals surface area (Å²) in [4.78, 5) is 27.5. The Bertz CT molecular complexity index is 1090. The van der Waals surface area contributed by atoms with Gasteiger partial charge in [0.25, 0.3) is 0 Å². The summed E-state index contributed by atoms with van der Waals surface area (Å²) in [6.45, 7) is 9.00. The smallest absolute Gasteiger partial charge is 0.207 e. The van der Waals surface area contributed by atoms with E-state index in [1.54, 1.807) is 12.3 Å². The molecule has 0 radical (unpaired) electrons. The lowest BCUT2D eigenvalue weighted by Crippen LogP contribution is -2.60. The number of rotatable bonds is 1. The van der Waals surface area contributed by atoms with Gasteiger partial charge in [0, 0.05) is 11.0 Å². The van der Waals surface area contributed by atoms with E-state index < -0.39 is 10.8 Å². The van der Waals surface area contributed by atoms with Gasteiger partial charge in [-0.15, -0.1) is 0 Å². The second-order valence-electron chi connectivity index (χ2n) is 10.8. The van der Waals surface area contributed by atoms with E-state index in [1.165, 1.54) is 11.1 Å². The van der Waals surface area contributed by atoms with Gasteiger partial charge < -0.3 is 9.15 Å². The largest absolute Gasteiger partial charge is 0.489 e. The third kappa shape index (κ3) is 1.78. The van der Waals surface area contributed by atoms with Gasteiger partial charge in [-0.1, -0.05) is 24.6 Å². The molecule has 0 N–H and O–H groups in total. The molecule has 4 nitrogen and oxygen atoms in total. The van der Waals surface area contributed by atoms with Crippen LogP contribution in [0.3, 0.4) is 0 Å². The predicted octanol–water partition coefficient (Wildman–Crippen LogP) is 5.13. The molecule has 0 aromatic carbocycles. The van der Waals surface area contributed by atoms with Crippen LogP contribution in [0.25, 0.3) is 0 Å². The third-order valence-corrected chi connectivity index (χ3v) is 9.42. The Balaban J connectivity index is 1.55. The van der Waals surface area contributed by atoms with Crippen LogP contribution in [0.15, 0.2) is 58.1 Å². The molecule has 156 valence electrons. The standard InChI is InChI=1S/C26H28O4/c1-23-10-8-19(27)26(4)18-7-11-24(2)16(15-9-12-29-13-15)5-6-17(24)25(18,3)22(28)20(21(23)26)30-14-23/h6,8-10,12-13,16,18H,5,7,11,14H2,1-4H3. The Labute approximate surface area is 177 Å². The highest BCUT2D eigenvalue weighted by Gasteiger charge is 2.70. The Kier molecular flexibility index (Phi) is 3.24. The molecule has 0 amide bonds. The van der Waals surface area contributed by atoms with Crippen LogP contribution in [0.2, 0.25) is 0 Å². The summed E-state index contributed by atoms with van der Waals surface area (Å²) in [6, 6.07) is 2.05. The van der Waals surface area contributed by atoms with Crippen LogP contribution in [-0.2, 0) is 14.3 Å². The number of ether oxygens (including phenoxy) is 1. The lowest BCUT2D eigenvalue weighted by molar-refractivity contribution is -0.141. The van der Waals surface area contributed by atoms with Gasteiger partial charge in [0.1, 0.15) is 6.61 Å². The summed E-state index contributed by atoms with van der Waals surface area (Å²) >= 11 is 0. The first-order valence-electron chi connectivity index (χ1n) is 11.1. The van der Waals surface area contributed by atoms with Crippen LogP contribution in [0.4, 0.5) is 0 Å². The molecule has 1 aromatic rings. The first-order chi connectivity index (χ1) is 14.2. The van der Waals surface area contributed by atoms with Crippen LogP contribution in [0.1, 0.15) is 58.4 Å². The monoisotopic (exact) mass is 404 g/mol. The molecule has 30 heavy (non-hydrogen) atoms. The fraction of sp³-hybridized carbons (Fsp3) is 0.538. The topological polar surface area (TPSA) is 56.5 Å². The van der Waals surface area contributed by atoms with E-state index >= 15 is 0 Å². The van der Waals surface area contributed by atoms with Crippen LogP contribution >= 0.6 is 0 Å².